The summed E-state index contributed by atoms with van der Waals surface area (Å²) in [6.07, 6.45) is 2.60. The first-order valence-electron chi connectivity index (χ1n) is 9.03. The summed E-state index contributed by atoms with van der Waals surface area (Å²) in [5.74, 6) is 2.29. The molecular weight excluding hydrogens is 302 g/mol. The third-order valence-corrected chi connectivity index (χ3v) is 3.79. The Labute approximate surface area is 145 Å². The largest absolute Gasteiger partial charge is 0.493 e. The first-order chi connectivity index (χ1) is 11.7. The lowest BCUT2D eigenvalue weighted by molar-refractivity contribution is 0.114. The van der Waals surface area contributed by atoms with Gasteiger partial charge in [0.1, 0.15) is 5.75 Å². The van der Waals surface area contributed by atoms with Crippen LogP contribution < -0.4 is 15.4 Å². The summed E-state index contributed by atoms with van der Waals surface area (Å²) in [7, 11) is 0. The van der Waals surface area contributed by atoms with Crippen LogP contribution in [-0.2, 0) is 11.3 Å². The second-order valence-corrected chi connectivity index (χ2v) is 6.56. The lowest BCUT2D eigenvalue weighted by Gasteiger charge is -2.14. The van der Waals surface area contributed by atoms with Crippen molar-refractivity contribution in [2.75, 3.05) is 26.3 Å². The van der Waals surface area contributed by atoms with E-state index < -0.39 is 0 Å². The number of ether oxygens (including phenoxy) is 2. The van der Waals surface area contributed by atoms with Gasteiger partial charge in [0.15, 0.2) is 5.96 Å². The number of nitrogens with one attached hydrogen (secondary N) is 2. The van der Waals surface area contributed by atoms with Crippen molar-refractivity contribution in [2.24, 2.45) is 10.9 Å². The molecule has 0 aliphatic carbocycles. The fourth-order valence-electron chi connectivity index (χ4n) is 2.48. The Balaban J connectivity index is 1.82. The number of rotatable bonds is 8. The van der Waals surface area contributed by atoms with E-state index in [0.717, 1.165) is 50.9 Å². The molecule has 1 aliphatic rings. The molecule has 1 fully saturated rings. The molecular formula is C19H31N3O2. The van der Waals surface area contributed by atoms with E-state index in [0.29, 0.717) is 18.6 Å². The molecule has 1 aliphatic heterocycles. The number of guanidine groups is 1. The maximum Gasteiger partial charge on any atom is 0.191 e. The van der Waals surface area contributed by atoms with E-state index in [-0.39, 0.29) is 0 Å². The SMILES string of the molecule is CCNC(=NCc1ccc(OCC(C)C)cc1)NCC1CCCO1. The van der Waals surface area contributed by atoms with Gasteiger partial charge < -0.3 is 20.1 Å². The Bertz CT molecular complexity index is 494. The van der Waals surface area contributed by atoms with Gasteiger partial charge in [-0.25, -0.2) is 4.99 Å². The minimum absolute atomic E-state index is 0.311. The lowest BCUT2D eigenvalue weighted by Crippen LogP contribution is -2.41. The van der Waals surface area contributed by atoms with Crippen LogP contribution in [0.5, 0.6) is 5.75 Å². The molecule has 5 heteroatoms. The van der Waals surface area contributed by atoms with Crippen molar-refractivity contribution in [3.8, 4) is 5.75 Å². The summed E-state index contributed by atoms with van der Waals surface area (Å²) in [5.41, 5.74) is 1.17. The normalized spacial score (nSPS) is 18.0. The maximum absolute atomic E-state index is 5.71. The third-order valence-electron chi connectivity index (χ3n) is 3.79. The molecule has 0 radical (unpaired) electrons. The molecule has 0 bridgehead atoms. The number of benzene rings is 1. The first kappa shape index (κ1) is 18.6. The molecule has 1 aromatic rings. The molecule has 1 heterocycles. The standard InChI is InChI=1S/C19H31N3O2/c1-4-20-19(22-13-18-6-5-11-23-18)21-12-16-7-9-17(10-8-16)24-14-15(2)3/h7-10,15,18H,4-6,11-14H2,1-3H3,(H2,20,21,22). The second-order valence-electron chi connectivity index (χ2n) is 6.56. The molecule has 0 aromatic heterocycles. The zero-order valence-corrected chi connectivity index (χ0v) is 15.2. The predicted molar refractivity (Wildman–Crippen MR) is 98.6 cm³/mol. The molecule has 0 spiro atoms. The molecule has 1 atom stereocenters. The Kier molecular flexibility index (Phi) is 7.89. The minimum Gasteiger partial charge on any atom is -0.493 e. The molecule has 1 aromatic carbocycles. The van der Waals surface area contributed by atoms with Crippen LogP contribution in [0.4, 0.5) is 0 Å². The summed E-state index contributed by atoms with van der Waals surface area (Å²) in [6.45, 7) is 10.3. The van der Waals surface area contributed by atoms with Gasteiger partial charge in [-0.15, -0.1) is 0 Å². The van der Waals surface area contributed by atoms with Crippen molar-refractivity contribution in [3.63, 3.8) is 0 Å². The maximum atomic E-state index is 5.71. The fraction of sp³-hybridized carbons (Fsp3) is 0.632. The highest BCUT2D eigenvalue weighted by atomic mass is 16.5. The van der Waals surface area contributed by atoms with Crippen molar-refractivity contribution in [3.05, 3.63) is 29.8 Å². The van der Waals surface area contributed by atoms with Crippen LogP contribution in [0.15, 0.2) is 29.3 Å². The zero-order chi connectivity index (χ0) is 17.2. The van der Waals surface area contributed by atoms with Crippen molar-refractivity contribution in [1.29, 1.82) is 0 Å². The van der Waals surface area contributed by atoms with E-state index in [1.54, 1.807) is 0 Å². The van der Waals surface area contributed by atoms with Crippen LogP contribution in [0.2, 0.25) is 0 Å². The summed E-state index contributed by atoms with van der Waals surface area (Å²) in [5, 5.41) is 6.65. The number of aliphatic imine (C=N–C) groups is 1. The summed E-state index contributed by atoms with van der Waals surface area (Å²) in [4.78, 5) is 4.65. The first-order valence-corrected chi connectivity index (χ1v) is 9.03. The zero-order valence-electron chi connectivity index (χ0n) is 15.2. The van der Waals surface area contributed by atoms with E-state index >= 15 is 0 Å². The molecule has 0 saturated carbocycles. The molecule has 1 unspecified atom stereocenters. The smallest absolute Gasteiger partial charge is 0.191 e. The monoisotopic (exact) mass is 333 g/mol. The Morgan fingerprint density at radius 3 is 2.71 bits per heavy atom. The van der Waals surface area contributed by atoms with Gasteiger partial charge in [0.2, 0.25) is 0 Å². The predicted octanol–water partition coefficient (Wildman–Crippen LogP) is 2.96. The Hall–Kier alpha value is -1.75. The van der Waals surface area contributed by atoms with Crippen molar-refractivity contribution in [1.82, 2.24) is 10.6 Å². The molecule has 2 rings (SSSR count). The van der Waals surface area contributed by atoms with E-state index in [9.17, 15) is 0 Å². The molecule has 1 saturated heterocycles. The van der Waals surface area contributed by atoms with Gasteiger partial charge >= 0.3 is 0 Å². The van der Waals surface area contributed by atoms with Crippen LogP contribution in [-0.4, -0.2) is 38.4 Å². The minimum atomic E-state index is 0.311. The van der Waals surface area contributed by atoms with E-state index in [1.807, 2.05) is 12.1 Å². The van der Waals surface area contributed by atoms with E-state index in [1.165, 1.54) is 5.56 Å². The van der Waals surface area contributed by atoms with Gasteiger partial charge in [0, 0.05) is 19.7 Å². The van der Waals surface area contributed by atoms with Crippen molar-refractivity contribution >= 4 is 5.96 Å². The van der Waals surface area contributed by atoms with Crippen LogP contribution >= 0.6 is 0 Å². The lowest BCUT2D eigenvalue weighted by atomic mass is 10.2. The molecule has 2 N–H and O–H groups in total. The summed E-state index contributed by atoms with van der Waals surface area (Å²) >= 11 is 0. The van der Waals surface area contributed by atoms with Gasteiger partial charge in [0.25, 0.3) is 0 Å². The van der Waals surface area contributed by atoms with Crippen molar-refractivity contribution in [2.45, 2.75) is 46.3 Å². The van der Waals surface area contributed by atoms with Crippen LogP contribution in [0.3, 0.4) is 0 Å². The highest BCUT2D eigenvalue weighted by Gasteiger charge is 2.15. The van der Waals surface area contributed by atoms with Crippen LogP contribution in [0.25, 0.3) is 0 Å². The summed E-state index contributed by atoms with van der Waals surface area (Å²) < 4.78 is 11.3. The van der Waals surface area contributed by atoms with Gasteiger partial charge in [0.05, 0.1) is 19.3 Å². The molecule has 134 valence electrons. The number of nitrogens with zero attached hydrogens (tertiary/aromatic N) is 1. The highest BCUT2D eigenvalue weighted by Crippen LogP contribution is 2.14. The average molecular weight is 333 g/mol. The third kappa shape index (κ3) is 6.79. The van der Waals surface area contributed by atoms with Gasteiger partial charge in [-0.3, -0.25) is 0 Å². The Morgan fingerprint density at radius 2 is 2.08 bits per heavy atom. The second kappa shape index (κ2) is 10.2. The highest BCUT2D eigenvalue weighted by molar-refractivity contribution is 5.79. The summed E-state index contributed by atoms with van der Waals surface area (Å²) in [6, 6.07) is 8.17. The molecule has 24 heavy (non-hydrogen) atoms. The molecule has 0 amide bonds. The number of hydrogen-bond donors (Lipinski definition) is 2. The Morgan fingerprint density at radius 1 is 1.29 bits per heavy atom. The van der Waals surface area contributed by atoms with Gasteiger partial charge in [-0.2, -0.15) is 0 Å². The van der Waals surface area contributed by atoms with Gasteiger partial charge in [-0.05, 0) is 43.4 Å². The van der Waals surface area contributed by atoms with Crippen LogP contribution in [0.1, 0.15) is 39.2 Å². The quantitative estimate of drug-likeness (QED) is 0.567. The van der Waals surface area contributed by atoms with E-state index in [4.69, 9.17) is 9.47 Å². The molecule has 5 nitrogen and oxygen atoms in total. The van der Waals surface area contributed by atoms with E-state index in [2.05, 4.69) is 48.5 Å². The number of hydrogen-bond acceptors (Lipinski definition) is 3. The van der Waals surface area contributed by atoms with Crippen molar-refractivity contribution < 1.29 is 9.47 Å². The average Bonchev–Trinajstić information content (AvgIpc) is 3.10. The topological polar surface area (TPSA) is 54.9 Å². The van der Waals surface area contributed by atoms with Crippen LogP contribution in [0, 0.1) is 5.92 Å². The van der Waals surface area contributed by atoms with Gasteiger partial charge in [-0.1, -0.05) is 26.0 Å². The fourth-order valence-corrected chi connectivity index (χ4v) is 2.48.